The van der Waals surface area contributed by atoms with Gasteiger partial charge in [0, 0.05) is 45.1 Å². The Morgan fingerprint density at radius 3 is 2.34 bits per heavy atom. The number of rotatable bonds is 6. The van der Waals surface area contributed by atoms with Gasteiger partial charge in [-0.3, -0.25) is 0 Å². The summed E-state index contributed by atoms with van der Waals surface area (Å²) in [6.45, 7) is 1.78. The van der Waals surface area contributed by atoms with Gasteiger partial charge in [0.25, 0.3) is 0 Å². The van der Waals surface area contributed by atoms with Crippen molar-refractivity contribution in [2.24, 2.45) is 0 Å². The summed E-state index contributed by atoms with van der Waals surface area (Å²) in [7, 11) is -3.61. The van der Waals surface area contributed by atoms with Crippen molar-refractivity contribution in [3.05, 3.63) is 90.8 Å². The zero-order valence-corrected chi connectivity index (χ0v) is 20.1. The summed E-state index contributed by atoms with van der Waals surface area (Å²) < 4.78 is 29.5. The maximum Gasteiger partial charge on any atom is 0.317 e. The van der Waals surface area contributed by atoms with Crippen molar-refractivity contribution < 1.29 is 13.2 Å². The first kappa shape index (κ1) is 23.1. The Balaban J connectivity index is 1.12. The summed E-state index contributed by atoms with van der Waals surface area (Å²) in [6, 6.07) is 22.6. The average Bonchev–Trinajstić information content (AvgIpc) is 3.44. The standard InChI is InChI=1S/C26H27N5O3S/c32-26(27-14-12-21-6-9-24(10-7-21)31-15-3-13-28-31)29-16-18-30(19-17-29)35(33,34)25-11-8-22-4-1-2-5-23(22)20-25/h1-11,13,15,20H,12,14,16-19H2,(H,27,32). The second-order valence-electron chi connectivity index (χ2n) is 8.50. The van der Waals surface area contributed by atoms with E-state index >= 15 is 0 Å². The number of nitrogens with zero attached hydrogens (tertiary/aromatic N) is 4. The normalized spacial score (nSPS) is 14.8. The van der Waals surface area contributed by atoms with Crippen LogP contribution in [-0.4, -0.2) is 66.2 Å². The number of urea groups is 1. The second kappa shape index (κ2) is 9.89. The number of nitrogens with one attached hydrogen (secondary N) is 1. The highest BCUT2D eigenvalue weighted by Gasteiger charge is 2.30. The number of carbonyl (C=O) groups is 1. The zero-order chi connectivity index (χ0) is 24.3. The van der Waals surface area contributed by atoms with E-state index in [-0.39, 0.29) is 24.0 Å². The van der Waals surface area contributed by atoms with Gasteiger partial charge < -0.3 is 10.2 Å². The quantitative estimate of drug-likeness (QED) is 0.450. The van der Waals surface area contributed by atoms with Gasteiger partial charge in [0.15, 0.2) is 0 Å². The lowest BCUT2D eigenvalue weighted by atomic mass is 10.1. The van der Waals surface area contributed by atoms with Gasteiger partial charge in [0.1, 0.15) is 0 Å². The minimum atomic E-state index is -3.61. The van der Waals surface area contributed by atoms with Crippen LogP contribution in [0.25, 0.3) is 16.5 Å². The zero-order valence-electron chi connectivity index (χ0n) is 19.2. The lowest BCUT2D eigenvalue weighted by Gasteiger charge is -2.34. The average molecular weight is 490 g/mol. The van der Waals surface area contributed by atoms with Crippen LogP contribution in [0, 0.1) is 0 Å². The fourth-order valence-electron chi connectivity index (χ4n) is 4.27. The van der Waals surface area contributed by atoms with Crippen LogP contribution < -0.4 is 5.32 Å². The highest BCUT2D eigenvalue weighted by molar-refractivity contribution is 7.89. The third kappa shape index (κ3) is 5.06. The molecule has 1 N–H and O–H groups in total. The van der Waals surface area contributed by atoms with Gasteiger partial charge in [-0.2, -0.15) is 9.40 Å². The molecule has 1 fully saturated rings. The maximum absolute atomic E-state index is 13.1. The smallest absolute Gasteiger partial charge is 0.317 e. The number of aromatic nitrogens is 2. The van der Waals surface area contributed by atoms with Gasteiger partial charge in [0.2, 0.25) is 10.0 Å². The van der Waals surface area contributed by atoms with Crippen LogP contribution in [0.1, 0.15) is 5.56 Å². The number of benzene rings is 3. The Morgan fingerprint density at radius 2 is 1.63 bits per heavy atom. The molecule has 0 radical (unpaired) electrons. The molecule has 5 rings (SSSR count). The van der Waals surface area contributed by atoms with Crippen LogP contribution in [-0.2, 0) is 16.4 Å². The Bertz CT molecular complexity index is 1410. The molecule has 0 aliphatic carbocycles. The van der Waals surface area contributed by atoms with E-state index in [0.29, 0.717) is 26.1 Å². The first-order valence-electron chi connectivity index (χ1n) is 11.6. The number of hydrogen-bond donors (Lipinski definition) is 1. The van der Waals surface area contributed by atoms with E-state index in [1.54, 1.807) is 27.9 Å². The summed E-state index contributed by atoms with van der Waals surface area (Å²) in [5, 5.41) is 9.06. The molecule has 3 aromatic carbocycles. The topological polar surface area (TPSA) is 87.5 Å². The Labute approximate surface area is 204 Å². The fraction of sp³-hybridized carbons (Fsp3) is 0.231. The Hall–Kier alpha value is -3.69. The number of piperazine rings is 1. The molecule has 2 heterocycles. The van der Waals surface area contributed by atoms with Crippen molar-refractivity contribution in [1.29, 1.82) is 0 Å². The predicted octanol–water partition coefficient (Wildman–Crippen LogP) is 3.28. The summed E-state index contributed by atoms with van der Waals surface area (Å²) >= 11 is 0. The molecule has 9 heteroatoms. The molecule has 0 saturated carbocycles. The minimum Gasteiger partial charge on any atom is -0.338 e. The van der Waals surface area contributed by atoms with Crippen LogP contribution in [0.15, 0.2) is 90.1 Å². The molecule has 1 aromatic heterocycles. The number of hydrogen-bond acceptors (Lipinski definition) is 4. The largest absolute Gasteiger partial charge is 0.338 e. The first-order valence-corrected chi connectivity index (χ1v) is 13.1. The van der Waals surface area contributed by atoms with Gasteiger partial charge in [-0.1, -0.05) is 42.5 Å². The van der Waals surface area contributed by atoms with E-state index in [2.05, 4.69) is 10.4 Å². The summed E-state index contributed by atoms with van der Waals surface area (Å²) in [5.41, 5.74) is 2.10. The number of carbonyl (C=O) groups excluding carboxylic acids is 1. The highest BCUT2D eigenvalue weighted by atomic mass is 32.2. The summed E-state index contributed by atoms with van der Waals surface area (Å²) in [4.78, 5) is 14.6. The molecule has 4 aromatic rings. The van der Waals surface area contributed by atoms with Crippen LogP contribution >= 0.6 is 0 Å². The van der Waals surface area contributed by atoms with Crippen molar-refractivity contribution in [1.82, 2.24) is 24.3 Å². The van der Waals surface area contributed by atoms with Gasteiger partial charge in [0.05, 0.1) is 10.6 Å². The minimum absolute atomic E-state index is 0.166. The van der Waals surface area contributed by atoms with Crippen LogP contribution in [0.5, 0.6) is 0 Å². The lowest BCUT2D eigenvalue weighted by molar-refractivity contribution is 0.172. The van der Waals surface area contributed by atoms with Crippen LogP contribution in [0.2, 0.25) is 0 Å². The Morgan fingerprint density at radius 1 is 0.886 bits per heavy atom. The van der Waals surface area contributed by atoms with Gasteiger partial charge in [-0.15, -0.1) is 0 Å². The molecule has 8 nitrogen and oxygen atoms in total. The van der Waals surface area contributed by atoms with Gasteiger partial charge in [-0.25, -0.2) is 17.9 Å². The van der Waals surface area contributed by atoms with Crippen molar-refractivity contribution in [3.63, 3.8) is 0 Å². The molecule has 1 aliphatic heterocycles. The SMILES string of the molecule is O=C(NCCc1ccc(-n2cccn2)cc1)N1CCN(S(=O)(=O)c2ccc3ccccc3c2)CC1. The number of sulfonamides is 1. The van der Waals surface area contributed by atoms with E-state index in [1.165, 1.54) is 4.31 Å². The molecule has 1 saturated heterocycles. The third-order valence-electron chi connectivity index (χ3n) is 6.28. The van der Waals surface area contributed by atoms with Crippen LogP contribution in [0.3, 0.4) is 0 Å². The number of fused-ring (bicyclic) bond motifs is 1. The van der Waals surface area contributed by atoms with Crippen molar-refractivity contribution >= 4 is 26.8 Å². The summed E-state index contributed by atoms with van der Waals surface area (Å²) in [6.07, 6.45) is 4.34. The van der Waals surface area contributed by atoms with E-state index < -0.39 is 10.0 Å². The summed E-state index contributed by atoms with van der Waals surface area (Å²) in [5.74, 6) is 0. The van der Waals surface area contributed by atoms with Crippen molar-refractivity contribution in [2.45, 2.75) is 11.3 Å². The number of amides is 2. The van der Waals surface area contributed by atoms with Gasteiger partial charge >= 0.3 is 6.03 Å². The fourth-order valence-corrected chi connectivity index (χ4v) is 5.73. The monoisotopic (exact) mass is 489 g/mol. The van der Waals surface area contributed by atoms with E-state index in [9.17, 15) is 13.2 Å². The molecule has 2 amide bonds. The molecule has 180 valence electrons. The molecular weight excluding hydrogens is 462 g/mol. The van der Waals surface area contributed by atoms with E-state index in [4.69, 9.17) is 0 Å². The molecule has 35 heavy (non-hydrogen) atoms. The van der Waals surface area contributed by atoms with E-state index in [1.807, 2.05) is 66.9 Å². The van der Waals surface area contributed by atoms with Gasteiger partial charge in [-0.05, 0) is 53.1 Å². The highest BCUT2D eigenvalue weighted by Crippen LogP contribution is 2.23. The van der Waals surface area contributed by atoms with E-state index in [0.717, 1.165) is 22.0 Å². The first-order chi connectivity index (χ1) is 17.0. The van der Waals surface area contributed by atoms with Crippen molar-refractivity contribution in [2.75, 3.05) is 32.7 Å². The molecular formula is C26H27N5O3S. The molecule has 0 spiro atoms. The molecule has 1 aliphatic rings. The van der Waals surface area contributed by atoms with Crippen molar-refractivity contribution in [3.8, 4) is 5.69 Å². The molecule has 0 atom stereocenters. The second-order valence-corrected chi connectivity index (χ2v) is 10.4. The van der Waals surface area contributed by atoms with Crippen LogP contribution in [0.4, 0.5) is 4.79 Å². The third-order valence-corrected chi connectivity index (χ3v) is 8.17. The molecule has 0 bridgehead atoms. The lowest BCUT2D eigenvalue weighted by Crippen LogP contribution is -2.53. The molecule has 0 unspecified atom stereocenters. The Kier molecular flexibility index (Phi) is 6.52. The maximum atomic E-state index is 13.1. The predicted molar refractivity (Wildman–Crippen MR) is 135 cm³/mol.